The Morgan fingerprint density at radius 3 is 2.63 bits per heavy atom. The number of pyridine rings is 1. The molecule has 2 heterocycles. The highest BCUT2D eigenvalue weighted by Crippen LogP contribution is 2.23. The molecular weight excluding hydrogens is 238 g/mol. The van der Waals surface area contributed by atoms with E-state index in [0.29, 0.717) is 17.9 Å². The molecule has 4 nitrogen and oxygen atoms in total. The van der Waals surface area contributed by atoms with Crippen molar-refractivity contribution in [1.82, 2.24) is 4.57 Å². The van der Waals surface area contributed by atoms with Gasteiger partial charge in [0, 0.05) is 7.05 Å². The molecule has 0 unspecified atom stereocenters. The zero-order chi connectivity index (χ0) is 13.6. The highest BCUT2D eigenvalue weighted by atomic mass is 16.1. The third kappa shape index (κ3) is 1.76. The third-order valence-corrected chi connectivity index (χ3v) is 3.54. The Hall–Kier alpha value is -2.36. The summed E-state index contributed by atoms with van der Waals surface area (Å²) in [6.45, 7) is 2.54. The van der Waals surface area contributed by atoms with Crippen LogP contribution in [0.1, 0.15) is 16.7 Å². The smallest absolute Gasteiger partial charge is 0.262 e. The fourth-order valence-corrected chi connectivity index (χ4v) is 2.40. The summed E-state index contributed by atoms with van der Waals surface area (Å²) in [7, 11) is 1.77. The van der Waals surface area contributed by atoms with E-state index in [1.807, 2.05) is 37.3 Å². The van der Waals surface area contributed by atoms with Gasteiger partial charge in [0.1, 0.15) is 5.84 Å². The second-order valence-electron chi connectivity index (χ2n) is 4.86. The van der Waals surface area contributed by atoms with Crippen LogP contribution in [0.15, 0.2) is 40.1 Å². The predicted octanol–water partition coefficient (Wildman–Crippen LogP) is 1.58. The van der Waals surface area contributed by atoms with Crippen LogP contribution in [0.2, 0.25) is 0 Å². The van der Waals surface area contributed by atoms with E-state index in [4.69, 9.17) is 5.73 Å². The summed E-state index contributed by atoms with van der Waals surface area (Å²) in [5.74, 6) is 0.353. The second-order valence-corrected chi connectivity index (χ2v) is 4.86. The molecule has 0 saturated heterocycles. The summed E-state index contributed by atoms with van der Waals surface area (Å²) >= 11 is 0. The summed E-state index contributed by atoms with van der Waals surface area (Å²) in [4.78, 5) is 16.5. The highest BCUT2D eigenvalue weighted by molar-refractivity contribution is 6.00. The molecule has 1 aromatic heterocycles. The zero-order valence-corrected chi connectivity index (χ0v) is 11.0. The number of fused-ring (bicyclic) bond motifs is 1. The lowest BCUT2D eigenvalue weighted by atomic mass is 10.0. The number of rotatable bonds is 1. The van der Waals surface area contributed by atoms with E-state index in [1.165, 1.54) is 5.56 Å². The average molecular weight is 253 g/mol. The molecule has 19 heavy (non-hydrogen) atoms. The maximum atomic E-state index is 12.3. The minimum absolute atomic E-state index is 0.0770. The molecule has 2 N–H and O–H groups in total. The van der Waals surface area contributed by atoms with Crippen molar-refractivity contribution in [2.75, 3.05) is 0 Å². The second kappa shape index (κ2) is 4.09. The summed E-state index contributed by atoms with van der Waals surface area (Å²) in [5, 5.41) is 0. The quantitative estimate of drug-likeness (QED) is 0.838. The highest BCUT2D eigenvalue weighted by Gasteiger charge is 2.20. The van der Waals surface area contributed by atoms with Crippen LogP contribution in [0.3, 0.4) is 0 Å². The molecule has 96 valence electrons. The van der Waals surface area contributed by atoms with E-state index in [0.717, 1.165) is 16.8 Å². The summed E-state index contributed by atoms with van der Waals surface area (Å²) in [5.41, 5.74) is 10.3. The van der Waals surface area contributed by atoms with Crippen LogP contribution in [-0.2, 0) is 13.6 Å². The Labute approximate surface area is 111 Å². The van der Waals surface area contributed by atoms with Crippen LogP contribution in [0, 0.1) is 6.92 Å². The van der Waals surface area contributed by atoms with Crippen LogP contribution in [-0.4, -0.2) is 10.4 Å². The number of nitrogens with zero attached hydrogens (tertiary/aromatic N) is 2. The molecule has 2 aromatic rings. The van der Waals surface area contributed by atoms with Crippen molar-refractivity contribution in [2.24, 2.45) is 17.8 Å². The number of amidine groups is 1. The third-order valence-electron chi connectivity index (χ3n) is 3.54. The van der Waals surface area contributed by atoms with E-state index in [-0.39, 0.29) is 5.56 Å². The van der Waals surface area contributed by atoms with Crippen LogP contribution >= 0.6 is 0 Å². The fraction of sp³-hybridized carbons (Fsp3) is 0.200. The maximum Gasteiger partial charge on any atom is 0.262 e. The molecule has 1 aromatic carbocycles. The minimum atomic E-state index is -0.0770. The molecule has 0 saturated carbocycles. The lowest BCUT2D eigenvalue weighted by Crippen LogP contribution is -2.28. The number of hydrogen-bond acceptors (Lipinski definition) is 3. The monoisotopic (exact) mass is 253 g/mol. The van der Waals surface area contributed by atoms with Gasteiger partial charge in [0.2, 0.25) is 0 Å². The summed E-state index contributed by atoms with van der Waals surface area (Å²) in [6, 6.07) is 10.1. The van der Waals surface area contributed by atoms with Crippen LogP contribution in [0.4, 0.5) is 0 Å². The molecule has 1 aliphatic heterocycles. The largest absolute Gasteiger partial charge is 0.383 e. The number of aryl methyl sites for hydroxylation is 1. The van der Waals surface area contributed by atoms with Gasteiger partial charge in [-0.3, -0.25) is 9.79 Å². The molecule has 0 spiro atoms. The van der Waals surface area contributed by atoms with Crippen molar-refractivity contribution in [2.45, 2.75) is 13.5 Å². The summed E-state index contributed by atoms with van der Waals surface area (Å²) < 4.78 is 1.64. The first kappa shape index (κ1) is 11.7. The van der Waals surface area contributed by atoms with Crippen molar-refractivity contribution in [3.63, 3.8) is 0 Å². The van der Waals surface area contributed by atoms with E-state index in [9.17, 15) is 4.79 Å². The molecule has 0 atom stereocenters. The van der Waals surface area contributed by atoms with Gasteiger partial charge in [-0.15, -0.1) is 0 Å². The molecule has 0 amide bonds. The van der Waals surface area contributed by atoms with Gasteiger partial charge in [0.25, 0.3) is 5.56 Å². The normalized spacial score (nSPS) is 13.3. The standard InChI is InChI=1S/C15H15N3O/c1-9-3-5-10(6-4-9)12-7-11-8-17-14(16)13(11)15(19)18(12)2/h3-7H,8H2,1-2H3,(H2,16,17). The maximum absolute atomic E-state index is 12.3. The van der Waals surface area contributed by atoms with E-state index < -0.39 is 0 Å². The Bertz CT molecular complexity index is 739. The zero-order valence-electron chi connectivity index (χ0n) is 11.0. The van der Waals surface area contributed by atoms with Crippen molar-refractivity contribution in [1.29, 1.82) is 0 Å². The van der Waals surface area contributed by atoms with Crippen molar-refractivity contribution in [3.8, 4) is 11.3 Å². The number of aromatic nitrogens is 1. The van der Waals surface area contributed by atoms with Gasteiger partial charge >= 0.3 is 0 Å². The topological polar surface area (TPSA) is 60.4 Å². The molecule has 0 aliphatic carbocycles. The lowest BCUT2D eigenvalue weighted by Gasteiger charge is -2.11. The Morgan fingerprint density at radius 1 is 1.26 bits per heavy atom. The van der Waals surface area contributed by atoms with Gasteiger partial charge in [0.15, 0.2) is 0 Å². The van der Waals surface area contributed by atoms with Gasteiger partial charge in [0.05, 0.1) is 17.8 Å². The Balaban J connectivity index is 2.23. The van der Waals surface area contributed by atoms with Crippen LogP contribution in [0.5, 0.6) is 0 Å². The van der Waals surface area contributed by atoms with Gasteiger partial charge < -0.3 is 10.3 Å². The number of nitrogens with two attached hydrogens (primary N) is 1. The molecule has 0 radical (unpaired) electrons. The predicted molar refractivity (Wildman–Crippen MR) is 76.3 cm³/mol. The first-order valence-corrected chi connectivity index (χ1v) is 6.18. The SMILES string of the molecule is Cc1ccc(-c2cc3c(c(=O)n2C)C(N)=NC3)cc1. The Kier molecular flexibility index (Phi) is 2.52. The first-order valence-electron chi connectivity index (χ1n) is 6.18. The van der Waals surface area contributed by atoms with Gasteiger partial charge in [-0.1, -0.05) is 29.8 Å². The van der Waals surface area contributed by atoms with Crippen LogP contribution < -0.4 is 11.3 Å². The summed E-state index contributed by atoms with van der Waals surface area (Å²) in [6.07, 6.45) is 0. The number of hydrogen-bond donors (Lipinski definition) is 1. The van der Waals surface area contributed by atoms with Crippen molar-refractivity contribution in [3.05, 3.63) is 57.4 Å². The molecule has 0 fully saturated rings. The molecular formula is C15H15N3O. The van der Waals surface area contributed by atoms with Gasteiger partial charge in [-0.2, -0.15) is 0 Å². The van der Waals surface area contributed by atoms with Gasteiger partial charge in [-0.25, -0.2) is 0 Å². The molecule has 3 rings (SSSR count). The molecule has 1 aliphatic rings. The van der Waals surface area contributed by atoms with E-state index >= 15 is 0 Å². The lowest BCUT2D eigenvalue weighted by molar-refractivity contribution is 0.861. The van der Waals surface area contributed by atoms with Crippen molar-refractivity contribution >= 4 is 5.84 Å². The molecule has 4 heteroatoms. The van der Waals surface area contributed by atoms with E-state index in [1.54, 1.807) is 11.6 Å². The Morgan fingerprint density at radius 2 is 1.95 bits per heavy atom. The minimum Gasteiger partial charge on any atom is -0.383 e. The van der Waals surface area contributed by atoms with E-state index in [2.05, 4.69) is 4.99 Å². The number of benzene rings is 1. The fourth-order valence-electron chi connectivity index (χ4n) is 2.40. The molecule has 0 bridgehead atoms. The van der Waals surface area contributed by atoms with Gasteiger partial charge in [-0.05, 0) is 24.1 Å². The van der Waals surface area contributed by atoms with Crippen molar-refractivity contribution < 1.29 is 0 Å². The van der Waals surface area contributed by atoms with Crippen LogP contribution in [0.25, 0.3) is 11.3 Å². The first-order chi connectivity index (χ1) is 9.08. The number of aliphatic imine (C=N–C) groups is 1. The average Bonchev–Trinajstić information content (AvgIpc) is 2.77.